The number of allylic oxidation sites excluding steroid dienone is 2. The van der Waals surface area contributed by atoms with Gasteiger partial charge in [0, 0.05) is 18.0 Å². The predicted octanol–water partition coefficient (Wildman–Crippen LogP) is 2.76. The molecule has 1 aromatic rings. The number of rotatable bonds is 4. The van der Waals surface area contributed by atoms with Crippen molar-refractivity contribution in [1.29, 1.82) is 0 Å². The van der Waals surface area contributed by atoms with Gasteiger partial charge >= 0.3 is 0 Å². The molecule has 5 nitrogen and oxygen atoms in total. The number of halogens is 2. The number of amides is 3. The number of anilines is 1. The molecule has 24 heavy (non-hydrogen) atoms. The number of nitrogens with one attached hydrogen (secondary N) is 1. The number of nitrogens with zero attached hydrogens (tertiary/aromatic N) is 1. The van der Waals surface area contributed by atoms with Gasteiger partial charge in [0.05, 0.1) is 17.5 Å². The second-order valence-electron chi connectivity index (χ2n) is 5.91. The molecule has 0 spiro atoms. The monoisotopic (exact) mass is 350 g/mol. The standard InChI is InChI=1S/C17H16ClFN2O3/c18-10-5-6-14(13(19)9-10)20-15(22)7-8-21-16(23)11-3-1-2-4-12(11)17(21)24/h1-2,5-6,9,11-12H,3-4,7-8H2,(H,20,22)/t11-,12+. The molecular weight excluding hydrogens is 335 g/mol. The van der Waals surface area contributed by atoms with Gasteiger partial charge in [-0.25, -0.2) is 4.39 Å². The molecule has 7 heteroatoms. The lowest BCUT2D eigenvalue weighted by atomic mass is 9.85. The first-order valence-corrected chi connectivity index (χ1v) is 8.10. The average molecular weight is 351 g/mol. The van der Waals surface area contributed by atoms with E-state index in [2.05, 4.69) is 5.32 Å². The summed E-state index contributed by atoms with van der Waals surface area (Å²) >= 11 is 5.65. The number of fused-ring (bicyclic) bond motifs is 1. The molecule has 2 atom stereocenters. The van der Waals surface area contributed by atoms with E-state index in [1.165, 1.54) is 12.1 Å². The fraction of sp³-hybridized carbons (Fsp3) is 0.353. The molecule has 3 rings (SSSR count). The maximum absolute atomic E-state index is 13.7. The van der Waals surface area contributed by atoms with Gasteiger partial charge in [0.15, 0.2) is 0 Å². The number of carbonyl (C=O) groups excluding carboxylic acids is 3. The van der Waals surface area contributed by atoms with Crippen molar-refractivity contribution in [1.82, 2.24) is 4.90 Å². The number of likely N-dealkylation sites (tertiary alicyclic amines) is 1. The molecule has 2 aliphatic rings. The molecular formula is C17H16ClFN2O3. The second kappa shape index (κ2) is 6.73. The maximum atomic E-state index is 13.7. The summed E-state index contributed by atoms with van der Waals surface area (Å²) in [5, 5.41) is 2.65. The zero-order chi connectivity index (χ0) is 17.3. The van der Waals surface area contributed by atoms with Gasteiger partial charge in [0.2, 0.25) is 17.7 Å². The molecule has 0 radical (unpaired) electrons. The summed E-state index contributed by atoms with van der Waals surface area (Å²) < 4.78 is 13.7. The van der Waals surface area contributed by atoms with Crippen molar-refractivity contribution in [2.75, 3.05) is 11.9 Å². The van der Waals surface area contributed by atoms with E-state index in [9.17, 15) is 18.8 Å². The molecule has 1 saturated heterocycles. The van der Waals surface area contributed by atoms with Gasteiger partial charge in [0.25, 0.3) is 0 Å². The molecule has 1 aliphatic heterocycles. The molecule has 0 unspecified atom stereocenters. The van der Waals surface area contributed by atoms with Gasteiger partial charge in [-0.05, 0) is 31.0 Å². The zero-order valence-corrected chi connectivity index (χ0v) is 13.6. The van der Waals surface area contributed by atoms with Crippen LogP contribution in [0.3, 0.4) is 0 Å². The number of hydrogen-bond acceptors (Lipinski definition) is 3. The second-order valence-corrected chi connectivity index (χ2v) is 6.34. The highest BCUT2D eigenvalue weighted by atomic mass is 35.5. The van der Waals surface area contributed by atoms with Crippen molar-refractivity contribution in [2.24, 2.45) is 11.8 Å². The molecule has 1 aromatic carbocycles. The third-order valence-corrected chi connectivity index (χ3v) is 4.60. The van der Waals surface area contributed by atoms with Crippen LogP contribution in [0.2, 0.25) is 5.02 Å². The predicted molar refractivity (Wildman–Crippen MR) is 86.7 cm³/mol. The van der Waals surface area contributed by atoms with Crippen LogP contribution in [0, 0.1) is 17.7 Å². The van der Waals surface area contributed by atoms with Crippen LogP contribution in [0.4, 0.5) is 10.1 Å². The normalized spacial score (nSPS) is 22.7. The van der Waals surface area contributed by atoms with Crippen molar-refractivity contribution in [2.45, 2.75) is 19.3 Å². The van der Waals surface area contributed by atoms with Crippen molar-refractivity contribution in [3.05, 3.63) is 41.2 Å². The minimum atomic E-state index is -0.638. The first-order valence-electron chi connectivity index (χ1n) is 7.72. The third-order valence-electron chi connectivity index (χ3n) is 4.37. The lowest BCUT2D eigenvalue weighted by Crippen LogP contribution is -2.34. The summed E-state index contributed by atoms with van der Waals surface area (Å²) in [6, 6.07) is 3.93. The first kappa shape index (κ1) is 16.6. The molecule has 0 bridgehead atoms. The molecule has 0 saturated carbocycles. The van der Waals surface area contributed by atoms with Crippen LogP contribution in [0.15, 0.2) is 30.4 Å². The summed E-state index contributed by atoms with van der Waals surface area (Å²) in [4.78, 5) is 37.7. The van der Waals surface area contributed by atoms with Gasteiger partial charge in [-0.1, -0.05) is 23.8 Å². The van der Waals surface area contributed by atoms with Crippen LogP contribution in [0.5, 0.6) is 0 Å². The van der Waals surface area contributed by atoms with Gasteiger partial charge in [-0.3, -0.25) is 19.3 Å². The summed E-state index contributed by atoms with van der Waals surface area (Å²) in [5.41, 5.74) is 0.0151. The Morgan fingerprint density at radius 3 is 2.42 bits per heavy atom. The van der Waals surface area contributed by atoms with E-state index in [1.54, 1.807) is 0 Å². The Hall–Kier alpha value is -2.21. The smallest absolute Gasteiger partial charge is 0.233 e. The Kier molecular flexibility index (Phi) is 4.66. The topological polar surface area (TPSA) is 66.5 Å². The van der Waals surface area contributed by atoms with Gasteiger partial charge < -0.3 is 5.32 Å². The Morgan fingerprint density at radius 2 is 1.83 bits per heavy atom. The molecule has 1 fully saturated rings. The quantitative estimate of drug-likeness (QED) is 0.670. The highest BCUT2D eigenvalue weighted by molar-refractivity contribution is 6.30. The SMILES string of the molecule is O=C(CCN1C(=O)[C@H]2CC=CC[C@H]2C1=O)Nc1ccc(Cl)cc1F. The van der Waals surface area contributed by atoms with Crippen molar-refractivity contribution in [3.63, 3.8) is 0 Å². The maximum Gasteiger partial charge on any atom is 0.233 e. The minimum Gasteiger partial charge on any atom is -0.324 e. The Bertz CT molecular complexity index is 709. The molecule has 1 N–H and O–H groups in total. The van der Waals surface area contributed by atoms with E-state index < -0.39 is 11.7 Å². The van der Waals surface area contributed by atoms with Crippen molar-refractivity contribution >= 4 is 35.0 Å². The number of benzene rings is 1. The van der Waals surface area contributed by atoms with Gasteiger partial charge in [-0.15, -0.1) is 0 Å². The van der Waals surface area contributed by atoms with Crippen LogP contribution in [0.25, 0.3) is 0 Å². The number of imide groups is 1. The summed E-state index contributed by atoms with van der Waals surface area (Å²) in [6.45, 7) is 0.00566. The molecule has 0 aromatic heterocycles. The largest absolute Gasteiger partial charge is 0.324 e. The zero-order valence-electron chi connectivity index (χ0n) is 12.8. The molecule has 1 aliphatic carbocycles. The summed E-state index contributed by atoms with van der Waals surface area (Å²) in [7, 11) is 0. The molecule has 1 heterocycles. The highest BCUT2D eigenvalue weighted by Gasteiger charge is 2.46. The molecule has 3 amide bonds. The van der Waals surface area contributed by atoms with Crippen LogP contribution in [0.1, 0.15) is 19.3 Å². The first-order chi connectivity index (χ1) is 11.5. The van der Waals surface area contributed by atoms with E-state index in [0.29, 0.717) is 12.8 Å². The fourth-order valence-electron chi connectivity index (χ4n) is 3.11. The Labute approximate surface area is 143 Å². The number of hydrogen-bond donors (Lipinski definition) is 1. The van der Waals surface area contributed by atoms with Crippen LogP contribution >= 0.6 is 11.6 Å². The lowest BCUT2D eigenvalue weighted by Gasteiger charge is -2.14. The molecule has 126 valence electrons. The van der Waals surface area contributed by atoms with E-state index in [1.807, 2.05) is 12.2 Å². The lowest BCUT2D eigenvalue weighted by molar-refractivity contribution is -0.140. The van der Waals surface area contributed by atoms with Gasteiger partial charge in [0.1, 0.15) is 5.82 Å². The average Bonchev–Trinajstić information content (AvgIpc) is 2.80. The van der Waals surface area contributed by atoms with E-state index in [4.69, 9.17) is 11.6 Å². The van der Waals surface area contributed by atoms with E-state index >= 15 is 0 Å². The van der Waals surface area contributed by atoms with Crippen LogP contribution in [-0.2, 0) is 14.4 Å². The van der Waals surface area contributed by atoms with Crippen LogP contribution in [-0.4, -0.2) is 29.2 Å². The fourth-order valence-corrected chi connectivity index (χ4v) is 3.27. The Balaban J connectivity index is 1.58. The van der Waals surface area contributed by atoms with Crippen molar-refractivity contribution in [3.8, 4) is 0 Å². The van der Waals surface area contributed by atoms with Crippen molar-refractivity contribution < 1.29 is 18.8 Å². The number of carbonyl (C=O) groups is 3. The van der Waals surface area contributed by atoms with Gasteiger partial charge in [-0.2, -0.15) is 0 Å². The summed E-state index contributed by atoms with van der Waals surface area (Å²) in [6.07, 6.45) is 4.87. The highest BCUT2D eigenvalue weighted by Crippen LogP contribution is 2.35. The van der Waals surface area contributed by atoms with E-state index in [-0.39, 0.29) is 47.3 Å². The summed E-state index contributed by atoms with van der Waals surface area (Å²) in [5.74, 6) is -2.16. The minimum absolute atomic E-state index is 0.00566. The Morgan fingerprint density at radius 1 is 1.21 bits per heavy atom. The third kappa shape index (κ3) is 3.19. The van der Waals surface area contributed by atoms with Crippen LogP contribution < -0.4 is 5.32 Å². The van der Waals surface area contributed by atoms with E-state index in [0.717, 1.165) is 11.0 Å².